The second-order valence-electron chi connectivity index (χ2n) is 4.94. The fourth-order valence-electron chi connectivity index (χ4n) is 2.27. The van der Waals surface area contributed by atoms with Gasteiger partial charge >= 0.3 is 0 Å². The number of nitrogens with two attached hydrogens (primary N) is 1. The Labute approximate surface area is 128 Å². The van der Waals surface area contributed by atoms with E-state index in [1.54, 1.807) is 6.07 Å². The third-order valence-corrected chi connectivity index (χ3v) is 5.63. The number of rotatable bonds is 8. The summed E-state index contributed by atoms with van der Waals surface area (Å²) in [5.41, 5.74) is 8.32. The molecule has 0 spiro atoms. The molecule has 21 heavy (non-hydrogen) atoms. The second kappa shape index (κ2) is 7.89. The Kier molecular flexibility index (Phi) is 6.80. The molecule has 0 radical (unpaired) electrons. The van der Waals surface area contributed by atoms with Crippen LogP contribution in [0.25, 0.3) is 0 Å². The van der Waals surface area contributed by atoms with Gasteiger partial charge in [0, 0.05) is 26.2 Å². The number of ether oxygens (including phenoxy) is 1. The van der Waals surface area contributed by atoms with E-state index in [9.17, 15) is 8.42 Å². The van der Waals surface area contributed by atoms with Crippen molar-refractivity contribution in [3.8, 4) is 0 Å². The molecule has 1 aromatic carbocycles. The summed E-state index contributed by atoms with van der Waals surface area (Å²) in [6, 6.07) is 3.58. The number of nitrogens with zero attached hydrogens (tertiary/aromatic N) is 1. The van der Waals surface area contributed by atoms with Crippen molar-refractivity contribution in [2.75, 3.05) is 26.3 Å². The molecule has 0 unspecified atom stereocenters. The van der Waals surface area contributed by atoms with E-state index in [-0.39, 0.29) is 0 Å². The molecule has 0 heterocycles. The van der Waals surface area contributed by atoms with Gasteiger partial charge in [0.15, 0.2) is 0 Å². The molecular weight excluding hydrogens is 288 g/mol. The zero-order chi connectivity index (χ0) is 16.0. The highest BCUT2D eigenvalue weighted by Gasteiger charge is 2.25. The molecule has 120 valence electrons. The minimum absolute atomic E-state index is 0.333. The van der Waals surface area contributed by atoms with Gasteiger partial charge in [-0.2, -0.15) is 4.31 Å². The highest BCUT2D eigenvalue weighted by atomic mass is 32.2. The van der Waals surface area contributed by atoms with Crippen LogP contribution < -0.4 is 5.73 Å². The fourth-order valence-corrected chi connectivity index (χ4v) is 3.96. The third-order valence-electron chi connectivity index (χ3n) is 3.51. The molecule has 0 aliphatic heterocycles. The lowest BCUT2D eigenvalue weighted by molar-refractivity contribution is 0.135. The summed E-state index contributed by atoms with van der Waals surface area (Å²) >= 11 is 0. The number of hydrogen-bond acceptors (Lipinski definition) is 4. The average molecular weight is 314 g/mol. The predicted octanol–water partition coefficient (Wildman–Crippen LogP) is 1.81. The van der Waals surface area contributed by atoms with Gasteiger partial charge in [-0.3, -0.25) is 0 Å². The zero-order valence-electron chi connectivity index (χ0n) is 13.3. The first-order chi connectivity index (χ1) is 9.88. The van der Waals surface area contributed by atoms with Crippen LogP contribution in [0.4, 0.5) is 0 Å². The monoisotopic (exact) mass is 314 g/mol. The maximum Gasteiger partial charge on any atom is 0.243 e. The molecule has 0 atom stereocenters. The molecule has 0 aromatic heterocycles. The Morgan fingerprint density at radius 3 is 2.38 bits per heavy atom. The lowest BCUT2D eigenvalue weighted by Crippen LogP contribution is -2.34. The molecule has 2 N–H and O–H groups in total. The van der Waals surface area contributed by atoms with E-state index in [4.69, 9.17) is 10.5 Å². The van der Waals surface area contributed by atoms with Gasteiger partial charge in [-0.25, -0.2) is 8.42 Å². The van der Waals surface area contributed by atoms with E-state index >= 15 is 0 Å². The quantitative estimate of drug-likeness (QED) is 0.743. The van der Waals surface area contributed by atoms with Crippen LogP contribution in [0.15, 0.2) is 17.0 Å². The first kappa shape index (κ1) is 18.1. The van der Waals surface area contributed by atoms with Crippen molar-refractivity contribution in [1.82, 2.24) is 4.31 Å². The average Bonchev–Trinajstić information content (AvgIpc) is 2.43. The number of benzene rings is 1. The van der Waals surface area contributed by atoms with E-state index in [0.717, 1.165) is 16.7 Å². The lowest BCUT2D eigenvalue weighted by Gasteiger charge is -2.22. The van der Waals surface area contributed by atoms with Crippen LogP contribution >= 0.6 is 0 Å². The first-order valence-corrected chi connectivity index (χ1v) is 8.70. The highest BCUT2D eigenvalue weighted by molar-refractivity contribution is 7.89. The molecular formula is C15H26N2O3S. The molecule has 0 saturated heterocycles. The molecule has 0 fully saturated rings. The van der Waals surface area contributed by atoms with E-state index < -0.39 is 10.0 Å². The maximum absolute atomic E-state index is 12.8. The maximum atomic E-state index is 12.8. The predicted molar refractivity (Wildman–Crippen MR) is 84.7 cm³/mol. The Balaban J connectivity index is 3.16. The van der Waals surface area contributed by atoms with Crippen molar-refractivity contribution < 1.29 is 13.2 Å². The Morgan fingerprint density at radius 1 is 1.19 bits per heavy atom. The normalized spacial score (nSPS) is 12.1. The summed E-state index contributed by atoms with van der Waals surface area (Å²) in [5.74, 6) is 0. The minimum atomic E-state index is -3.51. The van der Waals surface area contributed by atoms with Crippen LogP contribution in [0.2, 0.25) is 0 Å². The highest BCUT2D eigenvalue weighted by Crippen LogP contribution is 2.23. The number of aryl methyl sites for hydroxylation is 2. The SMILES string of the molecule is CCOCCN(CC)S(=O)(=O)c1cc(CN)c(C)cc1C. The van der Waals surface area contributed by atoms with Crippen molar-refractivity contribution in [3.63, 3.8) is 0 Å². The Bertz CT molecular complexity index is 571. The van der Waals surface area contributed by atoms with Gasteiger partial charge in [0.1, 0.15) is 0 Å². The molecule has 1 rings (SSSR count). The van der Waals surface area contributed by atoms with Crippen molar-refractivity contribution in [2.45, 2.75) is 39.1 Å². The van der Waals surface area contributed by atoms with Crippen molar-refractivity contribution in [2.24, 2.45) is 5.73 Å². The van der Waals surface area contributed by atoms with Crippen LogP contribution in [0.3, 0.4) is 0 Å². The molecule has 1 aromatic rings. The molecule has 0 amide bonds. The zero-order valence-corrected chi connectivity index (χ0v) is 14.2. The van der Waals surface area contributed by atoms with E-state index in [2.05, 4.69) is 0 Å². The molecule has 0 saturated carbocycles. The molecule has 0 bridgehead atoms. The number of hydrogen-bond donors (Lipinski definition) is 1. The summed E-state index contributed by atoms with van der Waals surface area (Å²) in [4.78, 5) is 0.340. The van der Waals surface area contributed by atoms with E-state index in [1.165, 1.54) is 4.31 Å². The van der Waals surface area contributed by atoms with Gasteiger partial charge in [0.2, 0.25) is 10.0 Å². The van der Waals surface area contributed by atoms with Crippen molar-refractivity contribution >= 4 is 10.0 Å². The summed E-state index contributed by atoms with van der Waals surface area (Å²) in [7, 11) is -3.51. The largest absolute Gasteiger partial charge is 0.380 e. The molecule has 6 heteroatoms. The van der Waals surface area contributed by atoms with E-state index in [0.29, 0.717) is 37.7 Å². The van der Waals surface area contributed by atoms with Gasteiger partial charge in [0.25, 0.3) is 0 Å². The minimum Gasteiger partial charge on any atom is -0.380 e. The van der Waals surface area contributed by atoms with Crippen LogP contribution in [-0.4, -0.2) is 39.0 Å². The smallest absolute Gasteiger partial charge is 0.243 e. The lowest BCUT2D eigenvalue weighted by atomic mass is 10.1. The Hall–Kier alpha value is -0.950. The van der Waals surface area contributed by atoms with Gasteiger partial charge in [-0.15, -0.1) is 0 Å². The summed E-state index contributed by atoms with van der Waals surface area (Å²) in [6.45, 7) is 9.57. The molecule has 0 aliphatic carbocycles. The van der Waals surface area contributed by atoms with Crippen LogP contribution in [0, 0.1) is 13.8 Å². The standard InChI is InChI=1S/C15H26N2O3S/c1-5-17(7-8-20-6-2)21(18,19)15-10-14(11-16)12(3)9-13(15)4/h9-10H,5-8,11,16H2,1-4H3. The van der Waals surface area contributed by atoms with Crippen LogP contribution in [0.5, 0.6) is 0 Å². The topological polar surface area (TPSA) is 72.6 Å². The Morgan fingerprint density at radius 2 is 1.86 bits per heavy atom. The van der Waals surface area contributed by atoms with E-state index in [1.807, 2.05) is 33.8 Å². The molecule has 5 nitrogen and oxygen atoms in total. The first-order valence-electron chi connectivity index (χ1n) is 7.26. The number of likely N-dealkylation sites (N-methyl/N-ethyl adjacent to an activating group) is 1. The van der Waals surface area contributed by atoms with Crippen LogP contribution in [0.1, 0.15) is 30.5 Å². The van der Waals surface area contributed by atoms with Gasteiger partial charge in [-0.1, -0.05) is 13.0 Å². The van der Waals surface area contributed by atoms with Gasteiger partial charge < -0.3 is 10.5 Å². The fraction of sp³-hybridized carbons (Fsp3) is 0.600. The van der Waals surface area contributed by atoms with Crippen molar-refractivity contribution in [3.05, 3.63) is 28.8 Å². The van der Waals surface area contributed by atoms with Gasteiger partial charge in [0.05, 0.1) is 11.5 Å². The van der Waals surface area contributed by atoms with Gasteiger partial charge in [-0.05, 0) is 43.5 Å². The second-order valence-corrected chi connectivity index (χ2v) is 6.85. The summed E-state index contributed by atoms with van der Waals surface area (Å²) in [5, 5.41) is 0. The van der Waals surface area contributed by atoms with Crippen molar-refractivity contribution in [1.29, 1.82) is 0 Å². The summed E-state index contributed by atoms with van der Waals surface area (Å²) in [6.07, 6.45) is 0. The summed E-state index contributed by atoms with van der Waals surface area (Å²) < 4.78 is 32.3. The third kappa shape index (κ3) is 4.26. The number of sulfonamides is 1. The molecule has 0 aliphatic rings. The van der Waals surface area contributed by atoms with Crippen LogP contribution in [-0.2, 0) is 21.3 Å².